The summed E-state index contributed by atoms with van der Waals surface area (Å²) in [5, 5.41) is 19.8. The Kier molecular flexibility index (Phi) is 22.0. The molecule has 0 aromatic rings. The topological polar surface area (TPSA) is 82.0 Å². The first-order chi connectivity index (χ1) is 13.6. The minimum absolute atomic E-state index is 0.144. The molecule has 0 amide bonds. The Morgan fingerprint density at radius 3 is 1.39 bits per heavy atom. The van der Waals surface area contributed by atoms with Crippen LogP contribution in [-0.4, -0.2) is 64.9 Å². The van der Waals surface area contributed by atoms with Gasteiger partial charge < -0.3 is 24.2 Å². The maximum atomic E-state index is 12.0. The van der Waals surface area contributed by atoms with Gasteiger partial charge in [-0.15, -0.1) is 0 Å². The maximum absolute atomic E-state index is 12.0. The molecule has 28 heavy (non-hydrogen) atoms. The highest BCUT2D eigenvalue weighted by molar-refractivity contribution is 7.91. The summed E-state index contributed by atoms with van der Waals surface area (Å²) < 4.78 is 22.9. The first-order valence-electron chi connectivity index (χ1n) is 11.5. The predicted molar refractivity (Wildman–Crippen MR) is 118 cm³/mol. The summed E-state index contributed by atoms with van der Waals surface area (Å²) >= 11 is -1.27. The summed E-state index contributed by atoms with van der Waals surface area (Å²) in [5.41, 5.74) is 0. The quantitative estimate of drug-likeness (QED) is 0.202. The van der Waals surface area contributed by atoms with Gasteiger partial charge in [0.2, 0.25) is 0 Å². The van der Waals surface area contributed by atoms with Gasteiger partial charge in [-0.05, 0) is 24.0 Å². The molecule has 0 aliphatic rings. The number of aliphatic hydroxyl groups is 2. The van der Waals surface area contributed by atoms with Gasteiger partial charge in [0.1, 0.15) is 23.7 Å². The lowest BCUT2D eigenvalue weighted by Crippen LogP contribution is -2.33. The zero-order chi connectivity index (χ0) is 20.9. The normalized spacial score (nSPS) is 14.9. The van der Waals surface area contributed by atoms with Gasteiger partial charge in [0.05, 0.1) is 13.2 Å². The Morgan fingerprint density at radius 1 is 0.643 bits per heavy atom. The third-order valence-electron chi connectivity index (χ3n) is 4.66. The molecule has 0 fully saturated rings. The summed E-state index contributed by atoms with van der Waals surface area (Å²) in [4.78, 5) is 0. The van der Waals surface area contributed by atoms with Crippen LogP contribution in [-0.2, 0) is 20.6 Å². The average molecular weight is 423 g/mol. The summed E-state index contributed by atoms with van der Waals surface area (Å²) in [6, 6.07) is 0. The highest BCUT2D eigenvalue weighted by atomic mass is 32.2. The zero-order valence-corrected chi connectivity index (χ0v) is 19.2. The summed E-state index contributed by atoms with van der Waals surface area (Å²) in [7, 11) is 0. The van der Waals surface area contributed by atoms with Crippen LogP contribution in [0, 0.1) is 0 Å². The van der Waals surface area contributed by atoms with E-state index in [4.69, 9.17) is 9.47 Å². The van der Waals surface area contributed by atoms with E-state index < -0.39 is 23.4 Å². The minimum Gasteiger partial charge on any atom is -0.616 e. The molecule has 0 saturated heterocycles. The number of hydrogen-bond donors (Lipinski definition) is 2. The molecule has 0 aliphatic heterocycles. The van der Waals surface area contributed by atoms with Crippen molar-refractivity contribution in [2.24, 2.45) is 0 Å². The van der Waals surface area contributed by atoms with E-state index in [-0.39, 0.29) is 24.7 Å². The fraction of sp³-hybridized carbons (Fsp3) is 1.00. The first-order valence-corrected chi connectivity index (χ1v) is 13.0. The van der Waals surface area contributed by atoms with Crippen LogP contribution in [0.2, 0.25) is 0 Å². The second-order valence-corrected chi connectivity index (χ2v) is 9.31. The Morgan fingerprint density at radius 2 is 1.00 bits per heavy atom. The van der Waals surface area contributed by atoms with Gasteiger partial charge in [0.15, 0.2) is 0 Å². The van der Waals surface area contributed by atoms with E-state index in [9.17, 15) is 14.8 Å². The molecule has 0 heterocycles. The standard InChI is InChI=1S/C22H46O5S/c1-3-5-7-9-11-13-15-26-17-21(23)19-28(25)20-22(24)18-27-16-14-12-10-8-6-4-2/h21-24H,3-20H2,1-2H3. The Bertz CT molecular complexity index is 279. The van der Waals surface area contributed by atoms with E-state index >= 15 is 0 Å². The molecule has 2 unspecified atom stereocenters. The van der Waals surface area contributed by atoms with Crippen molar-refractivity contribution < 1.29 is 24.2 Å². The molecule has 0 aliphatic carbocycles. The molecule has 0 radical (unpaired) electrons. The molecular weight excluding hydrogens is 376 g/mol. The van der Waals surface area contributed by atoms with Gasteiger partial charge in [-0.2, -0.15) is 0 Å². The lowest BCUT2D eigenvalue weighted by Gasteiger charge is -2.18. The Labute approximate surface area is 176 Å². The monoisotopic (exact) mass is 422 g/mol. The van der Waals surface area contributed by atoms with Crippen LogP contribution in [0.25, 0.3) is 0 Å². The molecule has 0 aromatic carbocycles. The Balaban J connectivity index is 3.48. The van der Waals surface area contributed by atoms with Gasteiger partial charge in [0.25, 0.3) is 0 Å². The molecule has 0 bridgehead atoms. The zero-order valence-electron chi connectivity index (χ0n) is 18.4. The van der Waals surface area contributed by atoms with Gasteiger partial charge in [-0.1, -0.05) is 78.1 Å². The van der Waals surface area contributed by atoms with Crippen LogP contribution in [0.4, 0.5) is 0 Å². The van der Waals surface area contributed by atoms with Crippen LogP contribution in [0.3, 0.4) is 0 Å². The highest BCUT2D eigenvalue weighted by Crippen LogP contribution is 2.07. The number of hydrogen-bond acceptors (Lipinski definition) is 5. The molecule has 0 aromatic heterocycles. The van der Waals surface area contributed by atoms with Crippen LogP contribution in [0.15, 0.2) is 0 Å². The van der Waals surface area contributed by atoms with Crippen molar-refractivity contribution in [3.05, 3.63) is 0 Å². The number of ether oxygens (including phenoxy) is 2. The number of rotatable bonds is 22. The van der Waals surface area contributed by atoms with E-state index in [1.807, 2.05) is 0 Å². The van der Waals surface area contributed by atoms with Gasteiger partial charge in [-0.25, -0.2) is 0 Å². The summed E-state index contributed by atoms with van der Waals surface area (Å²) in [6.45, 7) is 6.12. The summed E-state index contributed by atoms with van der Waals surface area (Å²) in [5.74, 6) is 0.288. The fourth-order valence-corrected chi connectivity index (χ4v) is 4.19. The minimum atomic E-state index is -1.27. The lowest BCUT2D eigenvalue weighted by atomic mass is 10.1. The van der Waals surface area contributed by atoms with Crippen LogP contribution < -0.4 is 0 Å². The van der Waals surface area contributed by atoms with E-state index in [1.54, 1.807) is 0 Å². The van der Waals surface area contributed by atoms with Gasteiger partial charge in [-0.3, -0.25) is 0 Å². The van der Waals surface area contributed by atoms with Crippen molar-refractivity contribution in [2.45, 2.75) is 103 Å². The van der Waals surface area contributed by atoms with Gasteiger partial charge >= 0.3 is 0 Å². The number of unbranched alkanes of at least 4 members (excludes halogenated alkanes) is 10. The van der Waals surface area contributed by atoms with E-state index in [1.165, 1.54) is 51.4 Å². The molecule has 170 valence electrons. The van der Waals surface area contributed by atoms with Crippen molar-refractivity contribution >= 4 is 11.2 Å². The second kappa shape index (κ2) is 21.8. The largest absolute Gasteiger partial charge is 0.616 e. The molecule has 0 rings (SSSR count). The maximum Gasteiger partial charge on any atom is 0.133 e. The van der Waals surface area contributed by atoms with E-state index in [0.29, 0.717) is 13.2 Å². The highest BCUT2D eigenvalue weighted by Gasteiger charge is 2.19. The molecule has 0 spiro atoms. The fourth-order valence-electron chi connectivity index (χ4n) is 3.00. The molecule has 6 heteroatoms. The Hall–Kier alpha value is 0.150. The SMILES string of the molecule is CCCCCCCCOCC(O)C[S+]([O-])CC(O)COCCCCCCCC. The van der Waals surface area contributed by atoms with Crippen LogP contribution in [0.1, 0.15) is 90.9 Å². The molecular formula is C22H46O5S. The van der Waals surface area contributed by atoms with Gasteiger partial charge in [0, 0.05) is 13.2 Å². The lowest BCUT2D eigenvalue weighted by molar-refractivity contribution is 0.0426. The first kappa shape index (κ1) is 28.1. The molecule has 2 N–H and O–H groups in total. The van der Waals surface area contributed by atoms with Crippen molar-refractivity contribution in [3.63, 3.8) is 0 Å². The van der Waals surface area contributed by atoms with Crippen molar-refractivity contribution in [2.75, 3.05) is 37.9 Å². The van der Waals surface area contributed by atoms with E-state index in [0.717, 1.165) is 25.7 Å². The van der Waals surface area contributed by atoms with Crippen LogP contribution in [0.5, 0.6) is 0 Å². The molecule has 5 nitrogen and oxygen atoms in total. The van der Waals surface area contributed by atoms with Crippen molar-refractivity contribution in [1.82, 2.24) is 0 Å². The van der Waals surface area contributed by atoms with E-state index in [2.05, 4.69) is 13.8 Å². The number of aliphatic hydroxyl groups excluding tert-OH is 2. The second-order valence-electron chi connectivity index (χ2n) is 7.77. The van der Waals surface area contributed by atoms with Crippen molar-refractivity contribution in [1.29, 1.82) is 0 Å². The smallest absolute Gasteiger partial charge is 0.133 e. The third-order valence-corrected chi connectivity index (χ3v) is 6.17. The molecule has 0 saturated carbocycles. The molecule has 2 atom stereocenters. The third kappa shape index (κ3) is 20.9. The van der Waals surface area contributed by atoms with Crippen molar-refractivity contribution in [3.8, 4) is 0 Å². The van der Waals surface area contributed by atoms with Crippen LogP contribution >= 0.6 is 0 Å². The predicted octanol–water partition coefficient (Wildman–Crippen LogP) is 4.21. The average Bonchev–Trinajstić information content (AvgIpc) is 2.65. The summed E-state index contributed by atoms with van der Waals surface area (Å²) in [6.07, 6.45) is 13.0.